The molecule has 0 radical (unpaired) electrons. The van der Waals surface area contributed by atoms with E-state index in [1.165, 1.54) is 9.80 Å². The second-order valence-electron chi connectivity index (χ2n) is 2.70. The molecule has 1 aromatic carbocycles. The fourth-order valence-electron chi connectivity index (χ4n) is 0.977. The Morgan fingerprint density at radius 1 is 1.06 bits per heavy atom. The lowest BCUT2D eigenvalue weighted by Crippen LogP contribution is -1.71. The van der Waals surface area contributed by atoms with Crippen LogP contribution in [0.15, 0.2) is 71.0 Å². The van der Waals surface area contributed by atoms with Crippen LogP contribution in [0, 0.1) is 0 Å². The van der Waals surface area contributed by atoms with Gasteiger partial charge in [0.15, 0.2) is 0 Å². The van der Waals surface area contributed by atoms with Gasteiger partial charge in [0, 0.05) is 9.80 Å². The molecule has 0 N–H and O–H groups in total. The molecule has 0 spiro atoms. The molecule has 100 valence electrons. The molecule has 0 fully saturated rings. The smallest absolute Gasteiger partial charge is 0.0122 e. The van der Waals surface area contributed by atoms with Crippen LogP contribution in [-0.4, -0.2) is 0 Å². The topological polar surface area (TPSA) is 0 Å². The number of hydrogen-bond acceptors (Lipinski definition) is 1. The Balaban J connectivity index is 0. The largest absolute Gasteiger partial charge is 0.0991 e. The molecule has 0 bridgehead atoms. The first-order valence-corrected chi connectivity index (χ1v) is 7.37. The zero-order valence-electron chi connectivity index (χ0n) is 12.3. The summed E-state index contributed by atoms with van der Waals surface area (Å²) in [5, 5.41) is 0. The van der Waals surface area contributed by atoms with Crippen LogP contribution in [-0.2, 0) is 0 Å². The highest BCUT2D eigenvalue weighted by Crippen LogP contribution is 2.26. The van der Waals surface area contributed by atoms with Crippen molar-refractivity contribution in [1.29, 1.82) is 0 Å². The third kappa shape index (κ3) is 9.98. The summed E-state index contributed by atoms with van der Waals surface area (Å²) in [7, 11) is 0. The monoisotopic (exact) mass is 262 g/mol. The van der Waals surface area contributed by atoms with Gasteiger partial charge in [0.05, 0.1) is 0 Å². The Morgan fingerprint density at radius 3 is 2.06 bits per heavy atom. The van der Waals surface area contributed by atoms with E-state index in [9.17, 15) is 0 Å². The summed E-state index contributed by atoms with van der Waals surface area (Å²) >= 11 is 1.76. The van der Waals surface area contributed by atoms with Gasteiger partial charge in [-0.1, -0.05) is 82.5 Å². The molecule has 0 saturated heterocycles. The molecule has 0 heterocycles. The number of thioether (sulfide) groups is 1. The van der Waals surface area contributed by atoms with Crippen molar-refractivity contribution >= 4 is 11.8 Å². The van der Waals surface area contributed by atoms with E-state index in [2.05, 4.69) is 30.9 Å². The normalized spacial score (nSPS) is 9.94. The quantitative estimate of drug-likeness (QED) is 0.442. The maximum absolute atomic E-state index is 3.65. The van der Waals surface area contributed by atoms with Gasteiger partial charge in [0.1, 0.15) is 0 Å². The van der Waals surface area contributed by atoms with Crippen molar-refractivity contribution in [1.82, 2.24) is 0 Å². The Kier molecular flexibility index (Phi) is 16.8. The first kappa shape index (κ1) is 19.1. The van der Waals surface area contributed by atoms with Gasteiger partial charge >= 0.3 is 0 Å². The lowest BCUT2D eigenvalue weighted by atomic mass is 10.4. The van der Waals surface area contributed by atoms with Crippen LogP contribution in [0.25, 0.3) is 0 Å². The second-order valence-corrected chi connectivity index (χ2v) is 3.85. The van der Waals surface area contributed by atoms with Gasteiger partial charge in [-0.2, -0.15) is 0 Å². The molecule has 0 saturated carbocycles. The van der Waals surface area contributed by atoms with Crippen molar-refractivity contribution in [2.75, 3.05) is 0 Å². The van der Waals surface area contributed by atoms with Gasteiger partial charge < -0.3 is 0 Å². The average Bonchev–Trinajstić information content (AvgIpc) is 2.48. The molecule has 0 nitrogen and oxygen atoms in total. The van der Waals surface area contributed by atoms with Gasteiger partial charge in [-0.3, -0.25) is 0 Å². The second kappa shape index (κ2) is 15.8. The lowest BCUT2D eigenvalue weighted by Gasteiger charge is -2.00. The number of rotatable bonds is 4. The van der Waals surface area contributed by atoms with Gasteiger partial charge in [-0.15, -0.1) is 0 Å². The summed E-state index contributed by atoms with van der Waals surface area (Å²) in [6.07, 6.45) is 7.89. The van der Waals surface area contributed by atoms with Crippen LogP contribution in [0.2, 0.25) is 0 Å². The molecule has 0 aliphatic rings. The molecule has 1 aromatic rings. The fourth-order valence-corrected chi connectivity index (χ4v) is 1.81. The van der Waals surface area contributed by atoms with E-state index in [1.807, 2.05) is 58.9 Å². The third-order valence-corrected chi connectivity index (χ3v) is 2.78. The Labute approximate surface area is 118 Å². The van der Waals surface area contributed by atoms with Crippen LogP contribution < -0.4 is 0 Å². The van der Waals surface area contributed by atoms with Crippen molar-refractivity contribution in [2.24, 2.45) is 0 Å². The molecule has 1 rings (SSSR count). The van der Waals surface area contributed by atoms with Crippen molar-refractivity contribution in [2.45, 2.75) is 39.5 Å². The highest BCUT2D eigenvalue weighted by molar-refractivity contribution is 8.03. The SMILES string of the molecule is C=C/C=C\C(=C/C)Sc1ccccc1.CC.CC. The molecule has 18 heavy (non-hydrogen) atoms. The van der Waals surface area contributed by atoms with Crippen molar-refractivity contribution < 1.29 is 0 Å². The highest BCUT2D eigenvalue weighted by Gasteiger charge is 1.94. The van der Waals surface area contributed by atoms with Crippen LogP contribution in [0.4, 0.5) is 0 Å². The minimum Gasteiger partial charge on any atom is -0.0991 e. The van der Waals surface area contributed by atoms with Gasteiger partial charge in [-0.05, 0) is 25.1 Å². The molecule has 0 aliphatic carbocycles. The minimum absolute atomic E-state index is 1.23. The van der Waals surface area contributed by atoms with Crippen LogP contribution >= 0.6 is 11.8 Å². The minimum atomic E-state index is 1.23. The van der Waals surface area contributed by atoms with E-state index in [4.69, 9.17) is 0 Å². The predicted molar refractivity (Wildman–Crippen MR) is 88.1 cm³/mol. The maximum Gasteiger partial charge on any atom is 0.0122 e. The molecule has 0 amide bonds. The van der Waals surface area contributed by atoms with E-state index in [0.717, 1.165) is 0 Å². The average molecular weight is 262 g/mol. The van der Waals surface area contributed by atoms with Crippen LogP contribution in [0.1, 0.15) is 34.6 Å². The van der Waals surface area contributed by atoms with Gasteiger partial charge in [0.2, 0.25) is 0 Å². The summed E-state index contributed by atoms with van der Waals surface area (Å²) in [6.45, 7) is 13.7. The number of benzene rings is 1. The van der Waals surface area contributed by atoms with Crippen molar-refractivity contribution in [3.8, 4) is 0 Å². The Morgan fingerprint density at radius 2 is 1.61 bits per heavy atom. The van der Waals surface area contributed by atoms with Crippen LogP contribution in [0.3, 0.4) is 0 Å². The maximum atomic E-state index is 3.65. The van der Waals surface area contributed by atoms with Gasteiger partial charge in [-0.25, -0.2) is 0 Å². The number of allylic oxidation sites excluding steroid dienone is 4. The molecular formula is C17H26S. The van der Waals surface area contributed by atoms with Crippen molar-refractivity contribution in [3.63, 3.8) is 0 Å². The van der Waals surface area contributed by atoms with E-state index in [0.29, 0.717) is 0 Å². The molecule has 0 atom stereocenters. The number of hydrogen-bond donors (Lipinski definition) is 0. The molecular weight excluding hydrogens is 236 g/mol. The summed E-state index contributed by atoms with van der Waals surface area (Å²) in [6, 6.07) is 10.3. The summed E-state index contributed by atoms with van der Waals surface area (Å²) in [5.74, 6) is 0. The fraction of sp³-hybridized carbons (Fsp3) is 0.294. The van der Waals surface area contributed by atoms with E-state index >= 15 is 0 Å². The zero-order valence-corrected chi connectivity index (χ0v) is 13.1. The highest BCUT2D eigenvalue weighted by atomic mass is 32.2. The molecule has 0 unspecified atom stereocenters. The van der Waals surface area contributed by atoms with E-state index < -0.39 is 0 Å². The zero-order chi connectivity index (χ0) is 14.2. The Hall–Kier alpha value is -1.21. The van der Waals surface area contributed by atoms with Crippen LogP contribution in [0.5, 0.6) is 0 Å². The summed E-state index contributed by atoms with van der Waals surface area (Å²) in [5.41, 5.74) is 0. The van der Waals surface area contributed by atoms with E-state index in [-0.39, 0.29) is 0 Å². The first-order chi connectivity index (χ1) is 8.86. The standard InChI is InChI=1S/C13H14S.2C2H6/c1-3-5-9-12(4-2)14-13-10-7-6-8-11-13;2*1-2/h3-11H,1H2,2H3;2*1-2H3/b9-5-,12-4+;;. The molecule has 0 aromatic heterocycles. The Bertz CT molecular complexity index is 334. The lowest BCUT2D eigenvalue weighted by molar-refractivity contribution is 1.47. The van der Waals surface area contributed by atoms with E-state index in [1.54, 1.807) is 17.8 Å². The first-order valence-electron chi connectivity index (χ1n) is 6.55. The van der Waals surface area contributed by atoms with Gasteiger partial charge in [0.25, 0.3) is 0 Å². The summed E-state index contributed by atoms with van der Waals surface area (Å²) < 4.78 is 0. The molecule has 1 heteroatoms. The van der Waals surface area contributed by atoms with Crippen molar-refractivity contribution in [3.05, 3.63) is 66.1 Å². The predicted octanol–water partition coefficient (Wildman–Crippen LogP) is 6.48. The third-order valence-electron chi connectivity index (χ3n) is 1.66. The molecule has 0 aliphatic heterocycles. The summed E-state index contributed by atoms with van der Waals surface area (Å²) in [4.78, 5) is 2.49.